The summed E-state index contributed by atoms with van der Waals surface area (Å²) in [5.74, 6) is 1.11. The molecule has 120 valence electrons. The highest BCUT2D eigenvalue weighted by Crippen LogP contribution is 2.48. The van der Waals surface area contributed by atoms with Gasteiger partial charge >= 0.3 is 0 Å². The Morgan fingerprint density at radius 2 is 1.91 bits per heavy atom. The van der Waals surface area contributed by atoms with E-state index in [1.54, 1.807) is 0 Å². The van der Waals surface area contributed by atoms with Gasteiger partial charge in [-0.05, 0) is 51.3 Å². The van der Waals surface area contributed by atoms with Crippen molar-refractivity contribution in [2.75, 3.05) is 26.2 Å². The maximum Gasteiger partial charge on any atom is 0.124 e. The quantitative estimate of drug-likeness (QED) is 0.921. The summed E-state index contributed by atoms with van der Waals surface area (Å²) in [7, 11) is 0. The van der Waals surface area contributed by atoms with Crippen molar-refractivity contribution in [1.82, 2.24) is 10.2 Å². The van der Waals surface area contributed by atoms with Crippen molar-refractivity contribution < 1.29 is 4.74 Å². The third-order valence-electron chi connectivity index (χ3n) is 5.73. The van der Waals surface area contributed by atoms with Gasteiger partial charge in [-0.3, -0.25) is 0 Å². The van der Waals surface area contributed by atoms with Gasteiger partial charge in [-0.15, -0.1) is 0 Å². The fourth-order valence-corrected chi connectivity index (χ4v) is 4.26. The van der Waals surface area contributed by atoms with Gasteiger partial charge in [0.25, 0.3) is 0 Å². The van der Waals surface area contributed by atoms with Crippen molar-refractivity contribution in [2.45, 2.75) is 56.6 Å². The van der Waals surface area contributed by atoms with Crippen molar-refractivity contribution in [2.24, 2.45) is 0 Å². The van der Waals surface area contributed by atoms with E-state index in [2.05, 4.69) is 34.5 Å². The number of hydrogen-bond acceptors (Lipinski definition) is 3. The van der Waals surface area contributed by atoms with Gasteiger partial charge in [0.05, 0.1) is 0 Å². The smallest absolute Gasteiger partial charge is 0.124 e. The predicted octanol–water partition coefficient (Wildman–Crippen LogP) is 3.51. The van der Waals surface area contributed by atoms with Crippen LogP contribution in [0.25, 0.3) is 0 Å². The number of hydrogen-bond donors (Lipinski definition) is 1. The highest BCUT2D eigenvalue weighted by atomic mass is 16.5. The van der Waals surface area contributed by atoms with Crippen LogP contribution in [0.3, 0.4) is 0 Å². The van der Waals surface area contributed by atoms with Crippen LogP contribution in [0, 0.1) is 0 Å². The Bertz CT molecular complexity index is 506. The molecule has 3 aliphatic rings. The van der Waals surface area contributed by atoms with E-state index in [4.69, 9.17) is 4.74 Å². The zero-order chi connectivity index (χ0) is 14.8. The molecule has 1 unspecified atom stereocenters. The summed E-state index contributed by atoms with van der Waals surface area (Å²) in [5.41, 5.74) is 1.50. The topological polar surface area (TPSA) is 24.5 Å². The molecule has 0 radical (unpaired) electrons. The lowest BCUT2D eigenvalue weighted by Gasteiger charge is -2.48. The monoisotopic (exact) mass is 300 g/mol. The molecule has 2 fully saturated rings. The normalized spacial score (nSPS) is 27.0. The summed E-state index contributed by atoms with van der Waals surface area (Å²) in [6, 6.07) is 9.09. The summed E-state index contributed by atoms with van der Waals surface area (Å²) in [6.45, 7) is 4.85. The van der Waals surface area contributed by atoms with Crippen molar-refractivity contribution in [3.8, 4) is 5.75 Å². The third-order valence-corrected chi connectivity index (χ3v) is 5.73. The minimum absolute atomic E-state index is 0.136. The number of benzene rings is 1. The number of para-hydroxylation sites is 1. The molecule has 2 aliphatic heterocycles. The van der Waals surface area contributed by atoms with Crippen LogP contribution in [0.15, 0.2) is 24.3 Å². The highest BCUT2D eigenvalue weighted by molar-refractivity contribution is 5.39. The molecule has 3 nitrogen and oxygen atoms in total. The van der Waals surface area contributed by atoms with Crippen LogP contribution in [0.5, 0.6) is 5.75 Å². The fourth-order valence-electron chi connectivity index (χ4n) is 4.26. The summed E-state index contributed by atoms with van der Waals surface area (Å²) < 4.78 is 6.33. The van der Waals surface area contributed by atoms with Crippen LogP contribution >= 0.6 is 0 Å². The van der Waals surface area contributed by atoms with Gasteiger partial charge in [0.1, 0.15) is 11.4 Å². The van der Waals surface area contributed by atoms with Gasteiger partial charge in [-0.25, -0.2) is 0 Å². The van der Waals surface area contributed by atoms with E-state index in [-0.39, 0.29) is 5.60 Å². The Hall–Kier alpha value is -1.06. The van der Waals surface area contributed by atoms with E-state index in [1.165, 1.54) is 63.7 Å². The predicted molar refractivity (Wildman–Crippen MR) is 89.3 cm³/mol. The molecule has 1 atom stereocenters. The van der Waals surface area contributed by atoms with E-state index >= 15 is 0 Å². The van der Waals surface area contributed by atoms with Gasteiger partial charge in [0.2, 0.25) is 0 Å². The second-order valence-corrected chi connectivity index (χ2v) is 7.29. The minimum atomic E-state index is 0.136. The molecule has 2 heterocycles. The van der Waals surface area contributed by atoms with E-state index in [1.807, 2.05) is 0 Å². The first kappa shape index (κ1) is 14.5. The lowest BCUT2D eigenvalue weighted by molar-refractivity contribution is -0.0370. The second kappa shape index (κ2) is 6.21. The highest BCUT2D eigenvalue weighted by Gasteiger charge is 2.45. The molecular weight excluding hydrogens is 272 g/mol. The summed E-state index contributed by atoms with van der Waals surface area (Å²) in [5, 5.41) is 3.83. The van der Waals surface area contributed by atoms with Crippen LogP contribution in [0.1, 0.15) is 56.6 Å². The van der Waals surface area contributed by atoms with Crippen LogP contribution < -0.4 is 10.1 Å². The zero-order valence-electron chi connectivity index (χ0n) is 13.5. The molecule has 1 aromatic rings. The largest absolute Gasteiger partial charge is 0.487 e. The van der Waals surface area contributed by atoms with Gasteiger partial charge in [-0.1, -0.05) is 24.6 Å². The number of nitrogens with one attached hydrogen (secondary N) is 1. The molecule has 22 heavy (non-hydrogen) atoms. The number of fused-ring (bicyclic) bond motifs is 1. The molecule has 1 saturated carbocycles. The number of ether oxygens (including phenoxy) is 1. The van der Waals surface area contributed by atoms with E-state index in [9.17, 15) is 0 Å². The van der Waals surface area contributed by atoms with E-state index < -0.39 is 0 Å². The van der Waals surface area contributed by atoms with Gasteiger partial charge in [0.15, 0.2) is 0 Å². The molecule has 1 spiro atoms. The first-order chi connectivity index (χ1) is 10.8. The summed E-state index contributed by atoms with van der Waals surface area (Å²) in [4.78, 5) is 2.61. The molecule has 3 heteroatoms. The van der Waals surface area contributed by atoms with Crippen LogP contribution in [-0.2, 0) is 0 Å². The Kier molecular flexibility index (Phi) is 4.10. The van der Waals surface area contributed by atoms with Crippen LogP contribution in [0.2, 0.25) is 0 Å². The molecule has 0 bridgehead atoms. The average Bonchev–Trinajstić information content (AvgIpc) is 2.54. The average molecular weight is 300 g/mol. The summed E-state index contributed by atoms with van der Waals surface area (Å²) >= 11 is 0. The maximum absolute atomic E-state index is 6.33. The van der Waals surface area contributed by atoms with Crippen molar-refractivity contribution in [1.29, 1.82) is 0 Å². The molecule has 1 aromatic carbocycles. The summed E-state index contributed by atoms with van der Waals surface area (Å²) in [6.07, 6.45) is 9.09. The molecule has 0 aromatic heterocycles. The van der Waals surface area contributed by atoms with E-state index in [0.29, 0.717) is 6.04 Å². The Labute approximate surface area is 134 Å². The number of nitrogens with zero attached hydrogens (tertiary/aromatic N) is 1. The first-order valence-electron chi connectivity index (χ1n) is 9.08. The number of rotatable bonds is 4. The standard InChI is InChI=1S/C19H28N2O/c1-4-12-21(13-5-1)14-11-20-17-15-19(9-6-10-19)22-18-8-3-2-7-16(17)18/h2-3,7-8,17,20H,1,4-6,9-15H2. The van der Waals surface area contributed by atoms with Crippen molar-refractivity contribution in [3.05, 3.63) is 29.8 Å². The molecule has 1 N–H and O–H groups in total. The third kappa shape index (κ3) is 2.89. The van der Waals surface area contributed by atoms with Gasteiger partial charge in [0, 0.05) is 31.1 Å². The van der Waals surface area contributed by atoms with Gasteiger partial charge in [-0.2, -0.15) is 0 Å². The number of piperidine rings is 1. The maximum atomic E-state index is 6.33. The first-order valence-corrected chi connectivity index (χ1v) is 9.08. The SMILES string of the molecule is c1ccc2c(c1)OC1(CCC1)CC2NCCN1CCCCC1. The lowest BCUT2D eigenvalue weighted by atomic mass is 9.73. The van der Waals surface area contributed by atoms with Gasteiger partial charge < -0.3 is 15.0 Å². The van der Waals surface area contributed by atoms with Crippen molar-refractivity contribution in [3.63, 3.8) is 0 Å². The molecular formula is C19H28N2O. The van der Waals surface area contributed by atoms with Crippen molar-refractivity contribution >= 4 is 0 Å². The van der Waals surface area contributed by atoms with Crippen LogP contribution in [0.4, 0.5) is 0 Å². The fraction of sp³-hybridized carbons (Fsp3) is 0.684. The molecule has 1 aliphatic carbocycles. The minimum Gasteiger partial charge on any atom is -0.487 e. The second-order valence-electron chi connectivity index (χ2n) is 7.29. The molecule has 0 amide bonds. The Balaban J connectivity index is 1.39. The lowest BCUT2D eigenvalue weighted by Crippen LogP contribution is -2.49. The Morgan fingerprint density at radius 3 is 2.68 bits per heavy atom. The van der Waals surface area contributed by atoms with Crippen LogP contribution in [-0.4, -0.2) is 36.7 Å². The van der Waals surface area contributed by atoms with E-state index in [0.717, 1.165) is 18.7 Å². The molecule has 4 rings (SSSR count). The zero-order valence-corrected chi connectivity index (χ0v) is 13.5. The Morgan fingerprint density at radius 1 is 1.09 bits per heavy atom. The number of likely N-dealkylation sites (tertiary alicyclic amines) is 1. The molecule has 1 saturated heterocycles.